The molecule has 2 fully saturated rings. The molecule has 0 unspecified atom stereocenters. The Morgan fingerprint density at radius 1 is 1.16 bits per heavy atom. The molecule has 0 amide bonds. The number of anilines is 2. The molecule has 6 nitrogen and oxygen atoms in total. The number of allylic oxidation sites excluding steroid dienone is 3. The van der Waals surface area contributed by atoms with E-state index >= 15 is 0 Å². The van der Waals surface area contributed by atoms with Crippen LogP contribution in [0.3, 0.4) is 0 Å². The Morgan fingerprint density at radius 2 is 1.90 bits per heavy atom. The van der Waals surface area contributed by atoms with Crippen LogP contribution in [0.1, 0.15) is 26.2 Å². The number of aliphatic imine (C=N–C) groups is 1. The molecule has 0 aromatic heterocycles. The van der Waals surface area contributed by atoms with Crippen molar-refractivity contribution in [3.63, 3.8) is 0 Å². The first kappa shape index (κ1) is 21.7. The van der Waals surface area contributed by atoms with Crippen molar-refractivity contribution in [3.8, 4) is 0 Å². The quantitative estimate of drug-likeness (QED) is 0.557. The summed E-state index contributed by atoms with van der Waals surface area (Å²) in [6.07, 6.45) is 12.1. The van der Waals surface area contributed by atoms with E-state index in [2.05, 4.69) is 64.0 Å². The lowest BCUT2D eigenvalue weighted by atomic mass is 9.87. The molecule has 0 radical (unpaired) electrons. The normalized spacial score (nSPS) is 21.3. The molecule has 2 saturated heterocycles. The molecule has 1 aromatic carbocycles. The highest BCUT2D eigenvalue weighted by atomic mass is 16.5. The number of morpholine rings is 1. The smallest absolute Gasteiger partial charge is 0.132 e. The average Bonchev–Trinajstić information content (AvgIpc) is 2.82. The zero-order chi connectivity index (χ0) is 21.5. The molecule has 0 saturated carbocycles. The topological polar surface area (TPSA) is 52.1 Å². The van der Waals surface area contributed by atoms with Crippen LogP contribution in [-0.4, -0.2) is 57.2 Å². The molecule has 0 atom stereocenters. The van der Waals surface area contributed by atoms with Gasteiger partial charge >= 0.3 is 0 Å². The van der Waals surface area contributed by atoms with Gasteiger partial charge in [0.15, 0.2) is 0 Å². The number of amidine groups is 1. The number of hydrogen-bond donors (Lipinski definition) is 2. The number of piperidine rings is 1. The van der Waals surface area contributed by atoms with Crippen LogP contribution >= 0.6 is 0 Å². The van der Waals surface area contributed by atoms with Crippen molar-refractivity contribution < 1.29 is 4.74 Å². The van der Waals surface area contributed by atoms with E-state index in [1.807, 2.05) is 19.1 Å². The predicted molar refractivity (Wildman–Crippen MR) is 129 cm³/mol. The van der Waals surface area contributed by atoms with Crippen LogP contribution in [0, 0.1) is 5.92 Å². The van der Waals surface area contributed by atoms with Gasteiger partial charge in [0.2, 0.25) is 0 Å². The van der Waals surface area contributed by atoms with Gasteiger partial charge in [-0.15, -0.1) is 0 Å². The second-order valence-electron chi connectivity index (χ2n) is 8.37. The summed E-state index contributed by atoms with van der Waals surface area (Å²) in [4.78, 5) is 9.44. The van der Waals surface area contributed by atoms with E-state index in [0.29, 0.717) is 5.92 Å². The molecule has 1 aromatic rings. The van der Waals surface area contributed by atoms with Gasteiger partial charge in [0, 0.05) is 37.7 Å². The summed E-state index contributed by atoms with van der Waals surface area (Å²) < 4.78 is 5.45. The van der Waals surface area contributed by atoms with E-state index in [4.69, 9.17) is 9.73 Å². The third kappa shape index (κ3) is 5.77. The maximum atomic E-state index is 5.45. The van der Waals surface area contributed by atoms with E-state index in [0.717, 1.165) is 63.2 Å². The van der Waals surface area contributed by atoms with Gasteiger partial charge in [0.05, 0.1) is 13.2 Å². The van der Waals surface area contributed by atoms with E-state index in [1.54, 1.807) is 0 Å². The third-order valence-corrected chi connectivity index (χ3v) is 6.18. The molecule has 3 heterocycles. The molecule has 2 N–H and O–H groups in total. The molecule has 0 bridgehead atoms. The van der Waals surface area contributed by atoms with Crippen LogP contribution in [0.25, 0.3) is 0 Å². The summed E-state index contributed by atoms with van der Waals surface area (Å²) in [6, 6.07) is 8.58. The minimum atomic E-state index is 0.698. The van der Waals surface area contributed by atoms with Gasteiger partial charge in [-0.3, -0.25) is 0 Å². The summed E-state index contributed by atoms with van der Waals surface area (Å²) in [6.45, 7) is 7.77. The second-order valence-corrected chi connectivity index (χ2v) is 8.37. The number of nitrogens with zero attached hydrogens (tertiary/aromatic N) is 3. The van der Waals surface area contributed by atoms with Crippen LogP contribution in [0.4, 0.5) is 11.4 Å². The Kier molecular flexibility index (Phi) is 7.43. The molecular formula is C25H35N5O. The maximum absolute atomic E-state index is 5.45. The Hall–Kier alpha value is -2.57. The zero-order valence-electron chi connectivity index (χ0n) is 18.8. The Labute approximate surface area is 186 Å². The fourth-order valence-electron chi connectivity index (χ4n) is 4.42. The Bertz CT molecular complexity index is 843. The number of benzene rings is 1. The van der Waals surface area contributed by atoms with Crippen LogP contribution in [0.2, 0.25) is 0 Å². The fourth-order valence-corrected chi connectivity index (χ4v) is 4.42. The predicted octanol–water partition coefficient (Wildman–Crippen LogP) is 3.97. The second kappa shape index (κ2) is 10.6. The molecule has 4 rings (SSSR count). The molecule has 3 aliphatic rings. The largest absolute Gasteiger partial charge is 0.378 e. The van der Waals surface area contributed by atoms with Crippen LogP contribution in [-0.2, 0) is 4.74 Å². The van der Waals surface area contributed by atoms with E-state index in [9.17, 15) is 0 Å². The maximum Gasteiger partial charge on any atom is 0.132 e. The van der Waals surface area contributed by atoms with E-state index in [-0.39, 0.29) is 0 Å². The highest BCUT2D eigenvalue weighted by Crippen LogP contribution is 2.29. The highest BCUT2D eigenvalue weighted by molar-refractivity contribution is 6.04. The van der Waals surface area contributed by atoms with E-state index < -0.39 is 0 Å². The lowest BCUT2D eigenvalue weighted by molar-refractivity contribution is 0.122. The van der Waals surface area contributed by atoms with Crippen molar-refractivity contribution in [2.45, 2.75) is 26.2 Å². The monoisotopic (exact) mass is 421 g/mol. The molecule has 166 valence electrons. The standard InChI is InChI=1S/C25H35N5O/c1-3-4-24(27-22-6-8-23(9-7-22)30-15-17-31-18-16-30)28-25-10-5-21(19-29(25)2)20-11-13-26-14-12-20/h3-4,6-10,19-20,26H,5,11-18H2,1-2H3,(H,27,28)/b4-3-. The lowest BCUT2D eigenvalue weighted by Crippen LogP contribution is -2.36. The SMILES string of the molecule is C/C=C\C(=N/C1=CCC(C2CCNCC2)=CN1C)Nc1ccc(N2CCOCC2)cc1. The third-order valence-electron chi connectivity index (χ3n) is 6.18. The Morgan fingerprint density at radius 3 is 2.58 bits per heavy atom. The minimum Gasteiger partial charge on any atom is -0.378 e. The molecule has 0 spiro atoms. The van der Waals surface area contributed by atoms with Crippen LogP contribution < -0.4 is 15.5 Å². The van der Waals surface area contributed by atoms with Gasteiger partial charge in [-0.1, -0.05) is 6.08 Å². The van der Waals surface area contributed by atoms with Gasteiger partial charge in [-0.05, 0) is 87.2 Å². The van der Waals surface area contributed by atoms with Crippen LogP contribution in [0.15, 0.2) is 65.1 Å². The van der Waals surface area contributed by atoms with Gasteiger partial charge in [-0.25, -0.2) is 4.99 Å². The number of ether oxygens (including phenoxy) is 1. The van der Waals surface area contributed by atoms with Crippen molar-refractivity contribution >= 4 is 17.2 Å². The van der Waals surface area contributed by atoms with Crippen LogP contribution in [0.5, 0.6) is 0 Å². The van der Waals surface area contributed by atoms with E-state index in [1.165, 1.54) is 24.1 Å². The van der Waals surface area contributed by atoms with Crippen molar-refractivity contribution in [3.05, 3.63) is 60.1 Å². The zero-order valence-corrected chi connectivity index (χ0v) is 18.8. The van der Waals surface area contributed by atoms with Crippen molar-refractivity contribution in [1.82, 2.24) is 10.2 Å². The first-order chi connectivity index (χ1) is 15.2. The highest BCUT2D eigenvalue weighted by Gasteiger charge is 2.20. The van der Waals surface area contributed by atoms with Crippen molar-refractivity contribution in [2.75, 3.05) is 56.7 Å². The summed E-state index contributed by atoms with van der Waals surface area (Å²) in [5.74, 6) is 2.53. The lowest BCUT2D eigenvalue weighted by Gasteiger charge is -2.30. The average molecular weight is 422 g/mol. The molecule has 31 heavy (non-hydrogen) atoms. The Balaban J connectivity index is 1.42. The van der Waals surface area contributed by atoms with Gasteiger partial charge in [0.1, 0.15) is 11.7 Å². The summed E-state index contributed by atoms with van der Waals surface area (Å²) >= 11 is 0. The number of rotatable bonds is 5. The summed E-state index contributed by atoms with van der Waals surface area (Å²) in [5.41, 5.74) is 3.81. The van der Waals surface area contributed by atoms with Crippen molar-refractivity contribution in [1.29, 1.82) is 0 Å². The van der Waals surface area contributed by atoms with Gasteiger partial charge in [-0.2, -0.15) is 0 Å². The van der Waals surface area contributed by atoms with Crippen molar-refractivity contribution in [2.24, 2.45) is 10.9 Å². The first-order valence-electron chi connectivity index (χ1n) is 11.5. The molecular weight excluding hydrogens is 386 g/mol. The molecule has 3 aliphatic heterocycles. The fraction of sp³-hybridized carbons (Fsp3) is 0.480. The first-order valence-corrected chi connectivity index (χ1v) is 11.5. The number of nitrogens with one attached hydrogen (secondary N) is 2. The molecule has 0 aliphatic carbocycles. The molecule has 6 heteroatoms. The number of hydrogen-bond acceptors (Lipinski definition) is 5. The van der Waals surface area contributed by atoms with Gasteiger partial charge in [0.25, 0.3) is 0 Å². The minimum absolute atomic E-state index is 0.698. The summed E-state index contributed by atoms with van der Waals surface area (Å²) in [5, 5.41) is 6.93. The summed E-state index contributed by atoms with van der Waals surface area (Å²) in [7, 11) is 2.10. The van der Waals surface area contributed by atoms with Gasteiger partial charge < -0.3 is 25.2 Å².